The molecule has 0 unspecified atom stereocenters. The number of ether oxygens (including phenoxy) is 3. The molecule has 0 aliphatic rings. The molecule has 0 bridgehead atoms. The van der Waals surface area contributed by atoms with Crippen molar-refractivity contribution in [2.75, 3.05) is 21.3 Å². The van der Waals surface area contributed by atoms with Crippen LogP contribution < -0.4 is 15.2 Å². The molecule has 2 N–H and O–H groups in total. The van der Waals surface area contributed by atoms with Gasteiger partial charge in [0.2, 0.25) is 0 Å². The highest BCUT2D eigenvalue weighted by Gasteiger charge is 2.10. The van der Waals surface area contributed by atoms with E-state index in [4.69, 9.17) is 19.9 Å². The predicted octanol–water partition coefficient (Wildman–Crippen LogP) is 1.31. The molecule has 0 amide bonds. The Morgan fingerprint density at radius 1 is 1.13 bits per heavy atom. The summed E-state index contributed by atoms with van der Waals surface area (Å²) < 4.78 is 15.5. The molecule has 0 saturated heterocycles. The summed E-state index contributed by atoms with van der Waals surface area (Å²) in [5, 5.41) is 0. The second-order valence-electron chi connectivity index (χ2n) is 3.10. The van der Waals surface area contributed by atoms with Crippen molar-refractivity contribution in [3.8, 4) is 11.5 Å². The first kappa shape index (κ1) is 11.8. The summed E-state index contributed by atoms with van der Waals surface area (Å²) in [6, 6.07) is 3.73. The van der Waals surface area contributed by atoms with Crippen LogP contribution in [0.25, 0.3) is 0 Å². The number of benzene rings is 1. The maximum atomic E-state index is 5.67. The van der Waals surface area contributed by atoms with Gasteiger partial charge in [-0.2, -0.15) is 0 Å². The monoisotopic (exact) mass is 211 g/mol. The van der Waals surface area contributed by atoms with Crippen LogP contribution in [0, 0.1) is 0 Å². The Balaban J connectivity index is 3.19. The fourth-order valence-electron chi connectivity index (χ4n) is 1.49. The van der Waals surface area contributed by atoms with E-state index in [0.29, 0.717) is 13.2 Å². The highest BCUT2D eigenvalue weighted by Crippen LogP contribution is 2.28. The van der Waals surface area contributed by atoms with Crippen molar-refractivity contribution in [1.82, 2.24) is 0 Å². The Labute approximate surface area is 89.9 Å². The lowest BCUT2D eigenvalue weighted by Crippen LogP contribution is -2.06. The maximum absolute atomic E-state index is 5.67. The third-order valence-corrected chi connectivity index (χ3v) is 2.23. The number of nitrogens with two attached hydrogens (primary N) is 1. The third kappa shape index (κ3) is 2.61. The number of methoxy groups -OCH3 is 3. The molecular formula is C11H17NO3. The van der Waals surface area contributed by atoms with Gasteiger partial charge in [-0.05, 0) is 11.6 Å². The summed E-state index contributed by atoms with van der Waals surface area (Å²) in [5.41, 5.74) is 7.63. The summed E-state index contributed by atoms with van der Waals surface area (Å²) >= 11 is 0. The van der Waals surface area contributed by atoms with Gasteiger partial charge in [0, 0.05) is 25.3 Å². The molecule has 0 aliphatic heterocycles. The van der Waals surface area contributed by atoms with E-state index in [1.807, 2.05) is 12.1 Å². The molecule has 84 valence electrons. The maximum Gasteiger partial charge on any atom is 0.127 e. The van der Waals surface area contributed by atoms with Crippen LogP contribution in [0.3, 0.4) is 0 Å². The van der Waals surface area contributed by atoms with E-state index in [2.05, 4.69) is 0 Å². The first-order valence-corrected chi connectivity index (χ1v) is 4.69. The van der Waals surface area contributed by atoms with Crippen LogP contribution in [-0.2, 0) is 17.9 Å². The molecule has 1 aromatic carbocycles. The minimum atomic E-state index is 0.422. The molecule has 0 aromatic heterocycles. The first-order chi connectivity index (χ1) is 7.26. The van der Waals surface area contributed by atoms with Gasteiger partial charge < -0.3 is 19.9 Å². The first-order valence-electron chi connectivity index (χ1n) is 4.69. The summed E-state index contributed by atoms with van der Waals surface area (Å²) in [7, 11) is 4.88. The Morgan fingerprint density at radius 3 is 2.33 bits per heavy atom. The van der Waals surface area contributed by atoms with Crippen molar-refractivity contribution in [3.63, 3.8) is 0 Å². The van der Waals surface area contributed by atoms with Gasteiger partial charge in [-0.1, -0.05) is 0 Å². The number of rotatable bonds is 5. The quantitative estimate of drug-likeness (QED) is 0.797. The van der Waals surface area contributed by atoms with Crippen molar-refractivity contribution in [3.05, 3.63) is 23.3 Å². The average molecular weight is 211 g/mol. The van der Waals surface area contributed by atoms with Gasteiger partial charge in [0.1, 0.15) is 11.5 Å². The molecule has 1 aromatic rings. The predicted molar refractivity (Wildman–Crippen MR) is 58.2 cm³/mol. The van der Waals surface area contributed by atoms with Gasteiger partial charge in [0.15, 0.2) is 0 Å². The standard InChI is InChI=1S/C11H17NO3/c1-13-7-8-4-9(14-2)5-11(15-3)10(8)6-12/h4-5H,6-7,12H2,1-3H3. The Bertz CT molecular complexity index is 326. The zero-order valence-electron chi connectivity index (χ0n) is 9.37. The Kier molecular flexibility index (Phi) is 4.39. The molecule has 15 heavy (non-hydrogen) atoms. The van der Waals surface area contributed by atoms with Crippen LogP contribution in [0.2, 0.25) is 0 Å². The fraction of sp³-hybridized carbons (Fsp3) is 0.455. The molecule has 0 fully saturated rings. The minimum absolute atomic E-state index is 0.422. The van der Waals surface area contributed by atoms with E-state index in [1.165, 1.54) is 0 Å². The second kappa shape index (κ2) is 5.58. The lowest BCUT2D eigenvalue weighted by Gasteiger charge is -2.14. The van der Waals surface area contributed by atoms with Crippen molar-refractivity contribution in [2.24, 2.45) is 5.73 Å². The van der Waals surface area contributed by atoms with E-state index in [0.717, 1.165) is 22.6 Å². The Hall–Kier alpha value is -1.26. The lowest BCUT2D eigenvalue weighted by atomic mass is 10.1. The largest absolute Gasteiger partial charge is 0.497 e. The van der Waals surface area contributed by atoms with E-state index in [-0.39, 0.29) is 0 Å². The van der Waals surface area contributed by atoms with E-state index in [9.17, 15) is 0 Å². The second-order valence-corrected chi connectivity index (χ2v) is 3.10. The zero-order valence-corrected chi connectivity index (χ0v) is 9.37. The Morgan fingerprint density at radius 2 is 1.87 bits per heavy atom. The third-order valence-electron chi connectivity index (χ3n) is 2.23. The van der Waals surface area contributed by atoms with E-state index < -0.39 is 0 Å². The van der Waals surface area contributed by atoms with Crippen LogP contribution in [0.15, 0.2) is 12.1 Å². The SMILES string of the molecule is COCc1cc(OC)cc(OC)c1CN. The topological polar surface area (TPSA) is 53.7 Å². The van der Waals surface area contributed by atoms with Gasteiger partial charge in [0.25, 0.3) is 0 Å². The van der Waals surface area contributed by atoms with Crippen LogP contribution in [-0.4, -0.2) is 21.3 Å². The van der Waals surface area contributed by atoms with Crippen molar-refractivity contribution < 1.29 is 14.2 Å². The van der Waals surface area contributed by atoms with Gasteiger partial charge in [-0.3, -0.25) is 0 Å². The van der Waals surface area contributed by atoms with E-state index >= 15 is 0 Å². The summed E-state index contributed by atoms with van der Waals surface area (Å²) in [6.45, 7) is 0.923. The van der Waals surface area contributed by atoms with Crippen LogP contribution in [0.1, 0.15) is 11.1 Å². The van der Waals surface area contributed by atoms with Gasteiger partial charge >= 0.3 is 0 Å². The molecule has 4 nitrogen and oxygen atoms in total. The molecule has 0 saturated carbocycles. The van der Waals surface area contributed by atoms with Crippen molar-refractivity contribution in [1.29, 1.82) is 0 Å². The molecular weight excluding hydrogens is 194 g/mol. The molecule has 0 heterocycles. The number of hydrogen-bond donors (Lipinski definition) is 1. The highest BCUT2D eigenvalue weighted by atomic mass is 16.5. The van der Waals surface area contributed by atoms with Gasteiger partial charge in [0.05, 0.1) is 20.8 Å². The normalized spacial score (nSPS) is 10.1. The minimum Gasteiger partial charge on any atom is -0.497 e. The smallest absolute Gasteiger partial charge is 0.127 e. The fourth-order valence-corrected chi connectivity index (χ4v) is 1.49. The van der Waals surface area contributed by atoms with Gasteiger partial charge in [-0.15, -0.1) is 0 Å². The molecule has 0 aliphatic carbocycles. The summed E-state index contributed by atoms with van der Waals surface area (Å²) in [4.78, 5) is 0. The molecule has 4 heteroatoms. The number of hydrogen-bond acceptors (Lipinski definition) is 4. The highest BCUT2D eigenvalue weighted by molar-refractivity contribution is 5.46. The molecule has 0 spiro atoms. The zero-order chi connectivity index (χ0) is 11.3. The lowest BCUT2D eigenvalue weighted by molar-refractivity contribution is 0.183. The van der Waals surface area contributed by atoms with Crippen LogP contribution in [0.5, 0.6) is 11.5 Å². The molecule has 0 radical (unpaired) electrons. The summed E-state index contributed by atoms with van der Waals surface area (Å²) in [6.07, 6.45) is 0. The van der Waals surface area contributed by atoms with Gasteiger partial charge in [-0.25, -0.2) is 0 Å². The average Bonchev–Trinajstić information content (AvgIpc) is 2.28. The molecule has 1 rings (SSSR count). The van der Waals surface area contributed by atoms with Crippen LogP contribution >= 0.6 is 0 Å². The molecule has 0 atom stereocenters. The van der Waals surface area contributed by atoms with Crippen LogP contribution in [0.4, 0.5) is 0 Å². The van der Waals surface area contributed by atoms with Crippen molar-refractivity contribution in [2.45, 2.75) is 13.2 Å². The van der Waals surface area contributed by atoms with Crippen molar-refractivity contribution >= 4 is 0 Å². The summed E-state index contributed by atoms with van der Waals surface area (Å²) in [5.74, 6) is 1.49. The van der Waals surface area contributed by atoms with E-state index in [1.54, 1.807) is 21.3 Å².